The zero-order valence-corrected chi connectivity index (χ0v) is 12.5. The van der Waals surface area contributed by atoms with Crippen molar-refractivity contribution < 1.29 is 14.7 Å². The third kappa shape index (κ3) is 3.95. The SMILES string of the molecule is CC(C)CC1(C(=O)N[C@@H](C(=O)O)C(C)C)CCCC1. The van der Waals surface area contributed by atoms with Gasteiger partial charge in [-0.15, -0.1) is 0 Å². The highest BCUT2D eigenvalue weighted by Gasteiger charge is 2.42. The van der Waals surface area contributed by atoms with Crippen LogP contribution in [0, 0.1) is 17.3 Å². The van der Waals surface area contributed by atoms with Gasteiger partial charge >= 0.3 is 5.97 Å². The first kappa shape index (κ1) is 16.0. The fraction of sp³-hybridized carbons (Fsp3) is 0.867. The van der Waals surface area contributed by atoms with E-state index in [2.05, 4.69) is 19.2 Å². The molecule has 110 valence electrons. The predicted molar refractivity (Wildman–Crippen MR) is 74.8 cm³/mol. The zero-order chi connectivity index (χ0) is 14.6. The van der Waals surface area contributed by atoms with Crippen molar-refractivity contribution in [3.8, 4) is 0 Å². The average Bonchev–Trinajstić information content (AvgIpc) is 2.73. The van der Waals surface area contributed by atoms with Gasteiger partial charge in [0, 0.05) is 5.41 Å². The Morgan fingerprint density at radius 2 is 1.68 bits per heavy atom. The molecule has 0 aromatic carbocycles. The smallest absolute Gasteiger partial charge is 0.326 e. The summed E-state index contributed by atoms with van der Waals surface area (Å²) in [5.74, 6) is -0.647. The molecule has 0 heterocycles. The van der Waals surface area contributed by atoms with Gasteiger partial charge in [-0.3, -0.25) is 4.79 Å². The van der Waals surface area contributed by atoms with E-state index < -0.39 is 12.0 Å². The van der Waals surface area contributed by atoms with Crippen molar-refractivity contribution in [3.63, 3.8) is 0 Å². The molecule has 0 bridgehead atoms. The molecule has 1 aliphatic rings. The largest absolute Gasteiger partial charge is 0.480 e. The lowest BCUT2D eigenvalue weighted by Gasteiger charge is -2.31. The van der Waals surface area contributed by atoms with Gasteiger partial charge in [-0.1, -0.05) is 40.5 Å². The van der Waals surface area contributed by atoms with Gasteiger partial charge < -0.3 is 10.4 Å². The number of amides is 1. The van der Waals surface area contributed by atoms with E-state index in [1.54, 1.807) is 0 Å². The van der Waals surface area contributed by atoms with Crippen LogP contribution in [0.3, 0.4) is 0 Å². The lowest BCUT2D eigenvalue weighted by molar-refractivity contribution is -0.145. The van der Waals surface area contributed by atoms with Gasteiger partial charge in [-0.2, -0.15) is 0 Å². The van der Waals surface area contributed by atoms with Crippen LogP contribution in [-0.2, 0) is 9.59 Å². The highest BCUT2D eigenvalue weighted by Crippen LogP contribution is 2.43. The second-order valence-electron chi connectivity index (χ2n) is 6.62. The molecular weight excluding hydrogens is 242 g/mol. The van der Waals surface area contributed by atoms with Gasteiger partial charge in [0.15, 0.2) is 0 Å². The monoisotopic (exact) mass is 269 g/mol. The number of nitrogens with one attached hydrogen (secondary N) is 1. The van der Waals surface area contributed by atoms with Crippen LogP contribution in [0.2, 0.25) is 0 Å². The first-order valence-corrected chi connectivity index (χ1v) is 7.32. The van der Waals surface area contributed by atoms with Gasteiger partial charge in [0.1, 0.15) is 6.04 Å². The van der Waals surface area contributed by atoms with Crippen LogP contribution in [0.4, 0.5) is 0 Å². The molecule has 0 aromatic rings. The zero-order valence-electron chi connectivity index (χ0n) is 12.5. The molecule has 0 aliphatic heterocycles. The van der Waals surface area contributed by atoms with Gasteiger partial charge in [0.25, 0.3) is 0 Å². The van der Waals surface area contributed by atoms with E-state index in [4.69, 9.17) is 0 Å². The molecule has 1 atom stereocenters. The Kier molecular flexibility index (Phi) is 5.39. The summed E-state index contributed by atoms with van der Waals surface area (Å²) in [6.45, 7) is 7.88. The van der Waals surface area contributed by atoms with Crippen molar-refractivity contribution in [2.75, 3.05) is 0 Å². The third-order valence-electron chi connectivity index (χ3n) is 4.06. The number of aliphatic carboxylic acids is 1. The molecule has 1 aliphatic carbocycles. The third-order valence-corrected chi connectivity index (χ3v) is 4.06. The van der Waals surface area contributed by atoms with Crippen LogP contribution in [0.25, 0.3) is 0 Å². The fourth-order valence-corrected chi connectivity index (χ4v) is 3.17. The van der Waals surface area contributed by atoms with Gasteiger partial charge in [-0.05, 0) is 31.1 Å². The molecule has 0 unspecified atom stereocenters. The summed E-state index contributed by atoms with van der Waals surface area (Å²) in [5.41, 5.74) is -0.337. The second kappa shape index (κ2) is 6.40. The normalized spacial score (nSPS) is 19.7. The molecule has 0 saturated heterocycles. The number of rotatable bonds is 6. The summed E-state index contributed by atoms with van der Waals surface area (Å²) in [6.07, 6.45) is 4.77. The molecular formula is C15H27NO3. The minimum Gasteiger partial charge on any atom is -0.480 e. The molecule has 0 aromatic heterocycles. The van der Waals surface area contributed by atoms with Crippen LogP contribution in [-0.4, -0.2) is 23.0 Å². The number of carbonyl (C=O) groups is 2. The molecule has 2 N–H and O–H groups in total. The number of hydrogen-bond acceptors (Lipinski definition) is 2. The maximum atomic E-state index is 12.5. The summed E-state index contributed by atoms with van der Waals surface area (Å²) in [4.78, 5) is 23.8. The summed E-state index contributed by atoms with van der Waals surface area (Å²) in [5, 5.41) is 12.0. The lowest BCUT2D eigenvalue weighted by atomic mass is 9.77. The first-order valence-electron chi connectivity index (χ1n) is 7.32. The minimum absolute atomic E-state index is 0.0557. The highest BCUT2D eigenvalue weighted by molar-refractivity contribution is 5.87. The van der Waals surface area contributed by atoms with Crippen molar-refractivity contribution in [2.24, 2.45) is 17.3 Å². The standard InChI is InChI=1S/C15H27NO3/c1-10(2)9-15(7-5-6-8-15)14(19)16-12(11(3)4)13(17)18/h10-12H,5-9H2,1-4H3,(H,16,19)(H,17,18)/t12-/m1/s1. The van der Waals surface area contributed by atoms with Gasteiger partial charge in [0.05, 0.1) is 0 Å². The minimum atomic E-state index is -0.943. The number of hydrogen-bond donors (Lipinski definition) is 2. The Balaban J connectivity index is 2.80. The number of carboxylic acid groups (broad SMARTS) is 1. The molecule has 1 amide bonds. The van der Waals surface area contributed by atoms with Gasteiger partial charge in [-0.25, -0.2) is 4.79 Å². The van der Waals surface area contributed by atoms with Crippen LogP contribution in [0.1, 0.15) is 59.8 Å². The van der Waals surface area contributed by atoms with E-state index >= 15 is 0 Å². The van der Waals surface area contributed by atoms with E-state index in [0.29, 0.717) is 5.92 Å². The van der Waals surface area contributed by atoms with Crippen LogP contribution in [0.5, 0.6) is 0 Å². The summed E-state index contributed by atoms with van der Waals surface area (Å²) >= 11 is 0. The molecule has 0 spiro atoms. The van der Waals surface area contributed by atoms with Crippen molar-refractivity contribution in [1.82, 2.24) is 5.32 Å². The van der Waals surface area contributed by atoms with Crippen molar-refractivity contribution >= 4 is 11.9 Å². The second-order valence-corrected chi connectivity index (χ2v) is 6.62. The van der Waals surface area contributed by atoms with Crippen LogP contribution in [0.15, 0.2) is 0 Å². The molecule has 19 heavy (non-hydrogen) atoms. The van der Waals surface area contributed by atoms with Crippen LogP contribution >= 0.6 is 0 Å². The Hall–Kier alpha value is -1.06. The molecule has 0 radical (unpaired) electrons. The Morgan fingerprint density at radius 3 is 2.05 bits per heavy atom. The van der Waals surface area contributed by atoms with Crippen molar-refractivity contribution in [1.29, 1.82) is 0 Å². The maximum Gasteiger partial charge on any atom is 0.326 e. The van der Waals surface area contributed by atoms with Crippen LogP contribution < -0.4 is 5.32 Å². The van der Waals surface area contributed by atoms with E-state index in [0.717, 1.165) is 32.1 Å². The Labute approximate surface area is 116 Å². The molecule has 4 heteroatoms. The molecule has 4 nitrogen and oxygen atoms in total. The van der Waals surface area contributed by atoms with Crippen molar-refractivity contribution in [3.05, 3.63) is 0 Å². The van der Waals surface area contributed by atoms with Crippen molar-refractivity contribution in [2.45, 2.75) is 65.8 Å². The predicted octanol–water partition coefficient (Wildman–Crippen LogP) is 2.82. The summed E-state index contributed by atoms with van der Waals surface area (Å²) in [6, 6.07) is -0.780. The van der Waals surface area contributed by atoms with Gasteiger partial charge in [0.2, 0.25) is 5.91 Å². The van der Waals surface area contributed by atoms with E-state index in [1.165, 1.54) is 0 Å². The Morgan fingerprint density at radius 1 is 1.16 bits per heavy atom. The lowest BCUT2D eigenvalue weighted by Crippen LogP contribution is -2.50. The molecule has 1 rings (SSSR count). The first-order chi connectivity index (χ1) is 8.78. The van der Waals surface area contributed by atoms with E-state index in [9.17, 15) is 14.7 Å². The fourth-order valence-electron chi connectivity index (χ4n) is 3.17. The Bertz CT molecular complexity index is 330. The highest BCUT2D eigenvalue weighted by atomic mass is 16.4. The summed E-state index contributed by atoms with van der Waals surface area (Å²) < 4.78 is 0. The van der Waals surface area contributed by atoms with E-state index in [-0.39, 0.29) is 17.2 Å². The summed E-state index contributed by atoms with van der Waals surface area (Å²) in [7, 11) is 0. The van der Waals surface area contributed by atoms with E-state index in [1.807, 2.05) is 13.8 Å². The molecule has 1 fully saturated rings. The topological polar surface area (TPSA) is 66.4 Å². The number of carboxylic acids is 1. The molecule has 1 saturated carbocycles. The average molecular weight is 269 g/mol. The number of carbonyl (C=O) groups excluding carboxylic acids is 1. The maximum absolute atomic E-state index is 12.5. The quantitative estimate of drug-likeness (QED) is 0.779.